The third-order valence-electron chi connectivity index (χ3n) is 3.95. The number of methoxy groups -OCH3 is 1. The first-order valence-corrected chi connectivity index (χ1v) is 9.48. The summed E-state index contributed by atoms with van der Waals surface area (Å²) in [5.41, 5.74) is 1.63. The Kier molecular flexibility index (Phi) is 6.38. The number of nitrogens with zero attached hydrogens (tertiary/aromatic N) is 2. The Bertz CT molecular complexity index is 813. The first-order valence-electron chi connectivity index (χ1n) is 8.53. The Labute approximate surface area is 156 Å². The molecule has 0 aliphatic rings. The van der Waals surface area contributed by atoms with E-state index >= 15 is 0 Å². The Morgan fingerprint density at radius 1 is 1.19 bits per heavy atom. The van der Waals surface area contributed by atoms with Gasteiger partial charge in [0.1, 0.15) is 5.75 Å². The van der Waals surface area contributed by atoms with Gasteiger partial charge in [-0.2, -0.15) is 16.3 Å². The van der Waals surface area contributed by atoms with Gasteiger partial charge in [-0.05, 0) is 48.6 Å². The smallest absolute Gasteiger partial charge is 0.252 e. The fourth-order valence-corrected chi connectivity index (χ4v) is 3.13. The van der Waals surface area contributed by atoms with Gasteiger partial charge in [0.05, 0.1) is 7.11 Å². The normalized spacial score (nSPS) is 10.7. The first-order chi connectivity index (χ1) is 12.8. The number of amides is 1. The minimum absolute atomic E-state index is 0.00714. The molecule has 0 saturated heterocycles. The SMILES string of the molecule is COc1ccc(-c2noc(CCCCCNC(=O)c3ccsc3)n2)cc1. The van der Waals surface area contributed by atoms with Crippen molar-refractivity contribution in [1.82, 2.24) is 15.5 Å². The van der Waals surface area contributed by atoms with Crippen molar-refractivity contribution < 1.29 is 14.1 Å². The highest BCUT2D eigenvalue weighted by atomic mass is 32.1. The molecule has 1 amide bonds. The van der Waals surface area contributed by atoms with E-state index in [2.05, 4.69) is 15.5 Å². The lowest BCUT2D eigenvalue weighted by molar-refractivity contribution is 0.0953. The van der Waals surface area contributed by atoms with Crippen molar-refractivity contribution in [2.75, 3.05) is 13.7 Å². The summed E-state index contributed by atoms with van der Waals surface area (Å²) in [4.78, 5) is 16.2. The van der Waals surface area contributed by atoms with Crippen LogP contribution in [-0.2, 0) is 6.42 Å². The van der Waals surface area contributed by atoms with E-state index in [0.29, 0.717) is 18.3 Å². The maximum atomic E-state index is 11.8. The molecule has 3 rings (SSSR count). The van der Waals surface area contributed by atoms with E-state index < -0.39 is 0 Å². The molecule has 2 aromatic heterocycles. The van der Waals surface area contributed by atoms with E-state index in [-0.39, 0.29) is 5.91 Å². The Morgan fingerprint density at radius 3 is 2.77 bits per heavy atom. The number of unbranched alkanes of at least 4 members (excludes halogenated alkanes) is 2. The lowest BCUT2D eigenvalue weighted by Gasteiger charge is -2.03. The van der Waals surface area contributed by atoms with Crippen molar-refractivity contribution in [1.29, 1.82) is 0 Å². The predicted octanol–water partition coefficient (Wildman–Crippen LogP) is 3.95. The van der Waals surface area contributed by atoms with E-state index in [1.54, 1.807) is 7.11 Å². The number of nitrogens with one attached hydrogen (secondary N) is 1. The monoisotopic (exact) mass is 371 g/mol. The molecule has 0 spiro atoms. The molecule has 0 fully saturated rings. The summed E-state index contributed by atoms with van der Waals surface area (Å²) >= 11 is 1.52. The molecule has 0 unspecified atom stereocenters. The molecular weight excluding hydrogens is 350 g/mol. The number of rotatable bonds is 9. The Morgan fingerprint density at radius 2 is 2.04 bits per heavy atom. The van der Waals surface area contributed by atoms with Gasteiger partial charge in [-0.25, -0.2) is 0 Å². The van der Waals surface area contributed by atoms with Crippen LogP contribution >= 0.6 is 11.3 Å². The number of aryl methyl sites for hydroxylation is 1. The number of benzene rings is 1. The van der Waals surface area contributed by atoms with Crippen LogP contribution in [0.4, 0.5) is 0 Å². The average molecular weight is 371 g/mol. The van der Waals surface area contributed by atoms with Crippen LogP contribution in [0.5, 0.6) is 5.75 Å². The summed E-state index contributed by atoms with van der Waals surface area (Å²) < 4.78 is 10.4. The molecule has 26 heavy (non-hydrogen) atoms. The van der Waals surface area contributed by atoms with Crippen LogP contribution in [0.25, 0.3) is 11.4 Å². The first kappa shape index (κ1) is 18.1. The molecule has 3 aromatic rings. The quantitative estimate of drug-likeness (QED) is 0.576. The van der Waals surface area contributed by atoms with Gasteiger partial charge in [-0.1, -0.05) is 11.6 Å². The predicted molar refractivity (Wildman–Crippen MR) is 100 cm³/mol. The van der Waals surface area contributed by atoms with Gasteiger partial charge >= 0.3 is 0 Å². The number of ether oxygens (including phenoxy) is 1. The maximum Gasteiger partial charge on any atom is 0.252 e. The van der Waals surface area contributed by atoms with Gasteiger partial charge in [0, 0.05) is 29.5 Å². The lowest BCUT2D eigenvalue weighted by Crippen LogP contribution is -2.23. The van der Waals surface area contributed by atoms with Gasteiger partial charge in [-0.3, -0.25) is 4.79 Å². The van der Waals surface area contributed by atoms with Crippen molar-refractivity contribution in [2.45, 2.75) is 25.7 Å². The average Bonchev–Trinajstić information content (AvgIpc) is 3.36. The van der Waals surface area contributed by atoms with Crippen molar-refractivity contribution in [2.24, 2.45) is 0 Å². The van der Waals surface area contributed by atoms with Gasteiger partial charge in [-0.15, -0.1) is 0 Å². The molecule has 2 heterocycles. The fraction of sp³-hybridized carbons (Fsp3) is 0.316. The zero-order chi connectivity index (χ0) is 18.2. The highest BCUT2D eigenvalue weighted by molar-refractivity contribution is 7.08. The van der Waals surface area contributed by atoms with Crippen molar-refractivity contribution in [3.8, 4) is 17.1 Å². The molecule has 6 nitrogen and oxygen atoms in total. The van der Waals surface area contributed by atoms with Crippen LogP contribution < -0.4 is 10.1 Å². The Balaban J connectivity index is 1.36. The number of carbonyl (C=O) groups is 1. The van der Waals surface area contributed by atoms with E-state index in [1.165, 1.54) is 11.3 Å². The summed E-state index contributed by atoms with van der Waals surface area (Å²) in [5.74, 6) is 2.01. The second kappa shape index (κ2) is 9.15. The second-order valence-corrected chi connectivity index (χ2v) is 6.60. The highest BCUT2D eigenvalue weighted by Gasteiger charge is 2.09. The number of hydrogen-bond acceptors (Lipinski definition) is 6. The maximum absolute atomic E-state index is 11.8. The van der Waals surface area contributed by atoms with Gasteiger partial charge in [0.2, 0.25) is 11.7 Å². The second-order valence-electron chi connectivity index (χ2n) is 5.82. The van der Waals surface area contributed by atoms with E-state index in [0.717, 1.165) is 42.6 Å². The summed E-state index contributed by atoms with van der Waals surface area (Å²) in [5, 5.41) is 10.7. The topological polar surface area (TPSA) is 77.3 Å². The molecule has 0 aliphatic heterocycles. The van der Waals surface area contributed by atoms with Crippen LogP contribution in [0.2, 0.25) is 0 Å². The van der Waals surface area contributed by atoms with Crippen LogP contribution in [0, 0.1) is 0 Å². The third kappa shape index (κ3) is 4.92. The van der Waals surface area contributed by atoms with Crippen LogP contribution in [0.15, 0.2) is 45.6 Å². The molecule has 1 aromatic carbocycles. The molecule has 1 N–H and O–H groups in total. The summed E-state index contributed by atoms with van der Waals surface area (Å²) in [6, 6.07) is 9.38. The molecular formula is C19H21N3O3S. The van der Waals surface area contributed by atoms with Gasteiger partial charge in [0.25, 0.3) is 5.91 Å². The summed E-state index contributed by atoms with van der Waals surface area (Å²) in [7, 11) is 1.63. The molecule has 7 heteroatoms. The Hall–Kier alpha value is -2.67. The van der Waals surface area contributed by atoms with Crippen molar-refractivity contribution in [3.63, 3.8) is 0 Å². The lowest BCUT2D eigenvalue weighted by atomic mass is 10.2. The molecule has 0 atom stereocenters. The van der Waals surface area contributed by atoms with E-state index in [1.807, 2.05) is 41.1 Å². The van der Waals surface area contributed by atoms with Crippen molar-refractivity contribution >= 4 is 17.2 Å². The van der Waals surface area contributed by atoms with Crippen LogP contribution in [-0.4, -0.2) is 29.7 Å². The van der Waals surface area contributed by atoms with Crippen molar-refractivity contribution in [3.05, 3.63) is 52.5 Å². The highest BCUT2D eigenvalue weighted by Crippen LogP contribution is 2.20. The van der Waals surface area contributed by atoms with Crippen LogP contribution in [0.3, 0.4) is 0 Å². The minimum Gasteiger partial charge on any atom is -0.497 e. The molecule has 0 aliphatic carbocycles. The van der Waals surface area contributed by atoms with Gasteiger partial charge in [0.15, 0.2) is 0 Å². The van der Waals surface area contributed by atoms with Crippen LogP contribution in [0.1, 0.15) is 35.5 Å². The molecule has 136 valence electrons. The minimum atomic E-state index is -0.00714. The number of hydrogen-bond donors (Lipinski definition) is 1. The molecule has 0 saturated carbocycles. The number of carbonyl (C=O) groups excluding carboxylic acids is 1. The number of aromatic nitrogens is 2. The molecule has 0 radical (unpaired) electrons. The molecule has 0 bridgehead atoms. The largest absolute Gasteiger partial charge is 0.497 e. The number of thiophene rings is 1. The standard InChI is InChI=1S/C19H21N3O3S/c1-24-16-8-6-14(7-9-16)18-21-17(25-22-18)5-3-2-4-11-20-19(23)15-10-12-26-13-15/h6-10,12-13H,2-5,11H2,1H3,(H,20,23). The third-order valence-corrected chi connectivity index (χ3v) is 4.64. The summed E-state index contributed by atoms with van der Waals surface area (Å²) in [6.45, 7) is 0.676. The summed E-state index contributed by atoms with van der Waals surface area (Å²) in [6.07, 6.45) is 3.60. The zero-order valence-electron chi connectivity index (χ0n) is 14.6. The van der Waals surface area contributed by atoms with E-state index in [9.17, 15) is 4.79 Å². The van der Waals surface area contributed by atoms with E-state index in [4.69, 9.17) is 9.26 Å². The van der Waals surface area contributed by atoms with Gasteiger partial charge < -0.3 is 14.6 Å². The fourth-order valence-electron chi connectivity index (χ4n) is 2.49. The zero-order valence-corrected chi connectivity index (χ0v) is 15.4.